The summed E-state index contributed by atoms with van der Waals surface area (Å²) in [5.74, 6) is 0.664. The van der Waals surface area contributed by atoms with Crippen molar-refractivity contribution in [2.45, 2.75) is 26.3 Å². The SMILES string of the molecule is COc1ccc(C2=NN(C(=O)C(C)C)C(c3ccc4nccnc4c3)C2)cc1. The van der Waals surface area contributed by atoms with Gasteiger partial charge in [-0.3, -0.25) is 14.8 Å². The maximum Gasteiger partial charge on any atom is 0.245 e. The molecule has 1 aliphatic rings. The van der Waals surface area contributed by atoms with E-state index in [1.165, 1.54) is 0 Å². The lowest BCUT2D eigenvalue weighted by atomic mass is 9.97. The normalized spacial score (nSPS) is 16.5. The highest BCUT2D eigenvalue weighted by atomic mass is 16.5. The molecular weight excluding hydrogens is 352 g/mol. The largest absolute Gasteiger partial charge is 0.497 e. The Morgan fingerprint density at radius 2 is 1.79 bits per heavy atom. The summed E-state index contributed by atoms with van der Waals surface area (Å²) in [4.78, 5) is 21.6. The molecule has 0 fully saturated rings. The summed E-state index contributed by atoms with van der Waals surface area (Å²) in [5, 5.41) is 6.32. The van der Waals surface area contributed by atoms with Crippen LogP contribution in [0, 0.1) is 5.92 Å². The molecule has 2 aromatic carbocycles. The van der Waals surface area contributed by atoms with E-state index in [4.69, 9.17) is 9.84 Å². The molecule has 4 rings (SSSR count). The van der Waals surface area contributed by atoms with E-state index >= 15 is 0 Å². The van der Waals surface area contributed by atoms with E-state index in [-0.39, 0.29) is 17.9 Å². The zero-order valence-corrected chi connectivity index (χ0v) is 16.2. The number of carbonyl (C=O) groups is 1. The Hall–Kier alpha value is -3.28. The van der Waals surface area contributed by atoms with Crippen LogP contribution in [0.25, 0.3) is 11.0 Å². The van der Waals surface area contributed by atoms with Crippen LogP contribution >= 0.6 is 0 Å². The molecule has 0 aliphatic carbocycles. The maximum absolute atomic E-state index is 12.8. The van der Waals surface area contributed by atoms with Crippen molar-refractivity contribution in [1.82, 2.24) is 15.0 Å². The number of amides is 1. The van der Waals surface area contributed by atoms with E-state index < -0.39 is 0 Å². The van der Waals surface area contributed by atoms with Crippen LogP contribution in [0.15, 0.2) is 60.0 Å². The molecule has 6 nitrogen and oxygen atoms in total. The van der Waals surface area contributed by atoms with Crippen molar-refractivity contribution >= 4 is 22.7 Å². The van der Waals surface area contributed by atoms with E-state index in [1.807, 2.05) is 56.3 Å². The van der Waals surface area contributed by atoms with Gasteiger partial charge in [-0.05, 0) is 47.5 Å². The minimum atomic E-state index is -0.154. The lowest BCUT2D eigenvalue weighted by Gasteiger charge is -2.23. The molecule has 3 aromatic rings. The van der Waals surface area contributed by atoms with Crippen molar-refractivity contribution in [3.8, 4) is 5.75 Å². The average Bonchev–Trinajstić information content (AvgIpc) is 3.18. The monoisotopic (exact) mass is 374 g/mol. The summed E-state index contributed by atoms with van der Waals surface area (Å²) in [5.41, 5.74) is 4.54. The highest BCUT2D eigenvalue weighted by Gasteiger charge is 2.34. The number of hydrogen-bond donors (Lipinski definition) is 0. The molecule has 1 aliphatic heterocycles. The van der Waals surface area contributed by atoms with Gasteiger partial charge in [-0.1, -0.05) is 19.9 Å². The van der Waals surface area contributed by atoms with Crippen LogP contribution in [0.1, 0.15) is 37.4 Å². The highest BCUT2D eigenvalue weighted by Crippen LogP contribution is 2.35. The Balaban J connectivity index is 1.71. The van der Waals surface area contributed by atoms with Gasteiger partial charge < -0.3 is 4.74 Å². The molecule has 0 radical (unpaired) electrons. The van der Waals surface area contributed by atoms with Crippen LogP contribution in [0.5, 0.6) is 5.75 Å². The number of hydrogen-bond acceptors (Lipinski definition) is 5. The summed E-state index contributed by atoms with van der Waals surface area (Å²) in [6, 6.07) is 13.6. The number of hydrazone groups is 1. The average molecular weight is 374 g/mol. The van der Waals surface area contributed by atoms with Crippen molar-refractivity contribution < 1.29 is 9.53 Å². The summed E-state index contributed by atoms with van der Waals surface area (Å²) >= 11 is 0. The van der Waals surface area contributed by atoms with Gasteiger partial charge in [0, 0.05) is 24.7 Å². The Morgan fingerprint density at radius 3 is 2.46 bits per heavy atom. The molecule has 6 heteroatoms. The van der Waals surface area contributed by atoms with Gasteiger partial charge in [0.1, 0.15) is 5.75 Å². The zero-order valence-electron chi connectivity index (χ0n) is 16.2. The van der Waals surface area contributed by atoms with Crippen molar-refractivity contribution in [1.29, 1.82) is 0 Å². The first kappa shape index (κ1) is 18.1. The molecule has 0 bridgehead atoms. The van der Waals surface area contributed by atoms with Crippen LogP contribution in [0.4, 0.5) is 0 Å². The number of benzene rings is 2. The van der Waals surface area contributed by atoms with Crippen LogP contribution in [0.3, 0.4) is 0 Å². The predicted octanol–water partition coefficient (Wildman–Crippen LogP) is 3.97. The van der Waals surface area contributed by atoms with E-state index in [0.717, 1.165) is 33.6 Å². The van der Waals surface area contributed by atoms with Crippen LogP contribution in [-0.2, 0) is 4.79 Å². The number of carbonyl (C=O) groups excluding carboxylic acids is 1. The number of fused-ring (bicyclic) bond motifs is 1. The van der Waals surface area contributed by atoms with Gasteiger partial charge in [0.25, 0.3) is 0 Å². The minimum absolute atomic E-state index is 0.00718. The number of aromatic nitrogens is 2. The lowest BCUT2D eigenvalue weighted by Crippen LogP contribution is -2.30. The van der Waals surface area contributed by atoms with Crippen LogP contribution < -0.4 is 4.74 Å². The third-order valence-corrected chi connectivity index (χ3v) is 4.93. The standard InChI is InChI=1S/C22H22N4O2/c1-14(2)22(27)26-21(16-6-9-18-20(12-16)24-11-10-23-18)13-19(25-26)15-4-7-17(28-3)8-5-15/h4-12,14,21H,13H2,1-3H3. The van der Waals surface area contributed by atoms with Crippen LogP contribution in [-0.4, -0.2) is 33.7 Å². The second-order valence-electron chi connectivity index (χ2n) is 7.14. The first-order valence-corrected chi connectivity index (χ1v) is 9.32. The summed E-state index contributed by atoms with van der Waals surface area (Å²) in [6.45, 7) is 3.79. The second kappa shape index (κ2) is 7.38. The molecule has 28 heavy (non-hydrogen) atoms. The van der Waals surface area contributed by atoms with E-state index in [2.05, 4.69) is 9.97 Å². The van der Waals surface area contributed by atoms with Crippen molar-refractivity contribution in [2.24, 2.45) is 11.0 Å². The number of ether oxygens (including phenoxy) is 1. The lowest BCUT2D eigenvalue weighted by molar-refractivity contribution is -0.136. The third-order valence-electron chi connectivity index (χ3n) is 4.93. The number of rotatable bonds is 4. The van der Waals surface area contributed by atoms with E-state index in [1.54, 1.807) is 24.5 Å². The van der Waals surface area contributed by atoms with Gasteiger partial charge in [-0.2, -0.15) is 5.10 Å². The topological polar surface area (TPSA) is 67.7 Å². The van der Waals surface area contributed by atoms with Crippen LogP contribution in [0.2, 0.25) is 0 Å². The van der Waals surface area contributed by atoms with Gasteiger partial charge in [-0.15, -0.1) is 0 Å². The molecule has 1 aromatic heterocycles. The summed E-state index contributed by atoms with van der Waals surface area (Å²) < 4.78 is 5.24. The summed E-state index contributed by atoms with van der Waals surface area (Å²) in [6.07, 6.45) is 4.00. The number of methoxy groups -OCH3 is 1. The fourth-order valence-electron chi connectivity index (χ4n) is 3.38. The molecule has 1 unspecified atom stereocenters. The zero-order chi connectivity index (χ0) is 19.7. The fraction of sp³-hybridized carbons (Fsp3) is 0.273. The minimum Gasteiger partial charge on any atom is -0.497 e. The quantitative estimate of drug-likeness (QED) is 0.693. The Morgan fingerprint density at radius 1 is 1.07 bits per heavy atom. The molecule has 1 amide bonds. The van der Waals surface area contributed by atoms with Gasteiger partial charge in [0.2, 0.25) is 5.91 Å². The molecule has 0 saturated carbocycles. The molecule has 0 spiro atoms. The predicted molar refractivity (Wildman–Crippen MR) is 108 cm³/mol. The summed E-state index contributed by atoms with van der Waals surface area (Å²) in [7, 11) is 1.64. The van der Waals surface area contributed by atoms with Crippen molar-refractivity contribution in [3.05, 3.63) is 66.0 Å². The number of nitrogens with zero attached hydrogens (tertiary/aromatic N) is 4. The Kier molecular flexibility index (Phi) is 4.77. The fourth-order valence-corrected chi connectivity index (χ4v) is 3.38. The van der Waals surface area contributed by atoms with Gasteiger partial charge in [0.15, 0.2) is 0 Å². The van der Waals surface area contributed by atoms with Crippen molar-refractivity contribution in [3.63, 3.8) is 0 Å². The molecule has 142 valence electrons. The molecule has 0 N–H and O–H groups in total. The Bertz CT molecular complexity index is 1040. The second-order valence-corrected chi connectivity index (χ2v) is 7.14. The smallest absolute Gasteiger partial charge is 0.245 e. The molecule has 2 heterocycles. The molecular formula is C22H22N4O2. The van der Waals surface area contributed by atoms with Gasteiger partial charge >= 0.3 is 0 Å². The van der Waals surface area contributed by atoms with Gasteiger partial charge in [-0.25, -0.2) is 5.01 Å². The first-order chi connectivity index (χ1) is 13.6. The van der Waals surface area contributed by atoms with E-state index in [0.29, 0.717) is 6.42 Å². The molecule has 0 saturated heterocycles. The first-order valence-electron chi connectivity index (χ1n) is 9.32. The Labute approximate surface area is 163 Å². The maximum atomic E-state index is 12.8. The highest BCUT2D eigenvalue weighted by molar-refractivity contribution is 6.03. The van der Waals surface area contributed by atoms with Gasteiger partial charge in [0.05, 0.1) is 29.9 Å². The van der Waals surface area contributed by atoms with Crippen molar-refractivity contribution in [2.75, 3.05) is 7.11 Å². The third kappa shape index (κ3) is 3.33. The molecule has 1 atom stereocenters. The van der Waals surface area contributed by atoms with E-state index in [9.17, 15) is 4.79 Å².